The quantitative estimate of drug-likeness (QED) is 0.699. The van der Waals surface area contributed by atoms with Gasteiger partial charge < -0.3 is 19.9 Å². The number of carbonyl (C=O) groups excluding carboxylic acids is 1. The van der Waals surface area contributed by atoms with E-state index in [1.807, 2.05) is 30.3 Å². The molecule has 1 aromatic carbocycles. The molecule has 2 N–H and O–H groups in total. The van der Waals surface area contributed by atoms with Crippen LogP contribution in [0.15, 0.2) is 30.3 Å². The molecule has 0 aliphatic rings. The SMILES string of the molecule is COC(CNC(=O)COCc1ccccc1)CC(=O)O. The highest BCUT2D eigenvalue weighted by Gasteiger charge is 2.13. The molecule has 1 rings (SSSR count). The molecule has 0 radical (unpaired) electrons. The third-order valence-corrected chi connectivity index (χ3v) is 2.61. The number of nitrogens with one attached hydrogen (secondary N) is 1. The van der Waals surface area contributed by atoms with Gasteiger partial charge in [0.25, 0.3) is 0 Å². The third-order valence-electron chi connectivity index (χ3n) is 2.61. The monoisotopic (exact) mass is 281 g/mol. The topological polar surface area (TPSA) is 84.9 Å². The van der Waals surface area contributed by atoms with Crippen LogP contribution in [-0.2, 0) is 25.7 Å². The van der Waals surface area contributed by atoms with E-state index in [9.17, 15) is 9.59 Å². The van der Waals surface area contributed by atoms with E-state index in [1.165, 1.54) is 7.11 Å². The number of ether oxygens (including phenoxy) is 2. The maximum atomic E-state index is 11.5. The van der Waals surface area contributed by atoms with E-state index in [4.69, 9.17) is 14.6 Å². The van der Waals surface area contributed by atoms with Crippen LogP contribution in [0.2, 0.25) is 0 Å². The van der Waals surface area contributed by atoms with Gasteiger partial charge in [-0.15, -0.1) is 0 Å². The van der Waals surface area contributed by atoms with Gasteiger partial charge in [0.1, 0.15) is 6.61 Å². The molecule has 1 aromatic rings. The van der Waals surface area contributed by atoms with Crippen molar-refractivity contribution < 1.29 is 24.2 Å². The number of carbonyl (C=O) groups is 2. The molecule has 0 aliphatic carbocycles. The van der Waals surface area contributed by atoms with Crippen molar-refractivity contribution in [2.75, 3.05) is 20.3 Å². The summed E-state index contributed by atoms with van der Waals surface area (Å²) in [5.41, 5.74) is 0.987. The summed E-state index contributed by atoms with van der Waals surface area (Å²) in [6, 6.07) is 9.52. The smallest absolute Gasteiger partial charge is 0.306 e. The standard InChI is InChI=1S/C14H19NO5/c1-19-12(7-14(17)18)8-15-13(16)10-20-9-11-5-3-2-4-6-11/h2-6,12H,7-10H2,1H3,(H,15,16)(H,17,18). The Kier molecular flexibility index (Phi) is 7.31. The lowest BCUT2D eigenvalue weighted by Crippen LogP contribution is -2.36. The van der Waals surface area contributed by atoms with Crippen molar-refractivity contribution in [1.29, 1.82) is 0 Å². The molecule has 20 heavy (non-hydrogen) atoms. The molecule has 0 aliphatic heterocycles. The fraction of sp³-hybridized carbons (Fsp3) is 0.429. The van der Waals surface area contributed by atoms with Gasteiger partial charge in [-0.05, 0) is 5.56 Å². The normalized spacial score (nSPS) is 11.8. The molecule has 1 amide bonds. The molecule has 1 unspecified atom stereocenters. The van der Waals surface area contributed by atoms with Crippen molar-refractivity contribution in [3.8, 4) is 0 Å². The van der Waals surface area contributed by atoms with Crippen molar-refractivity contribution >= 4 is 11.9 Å². The second-order valence-electron chi connectivity index (χ2n) is 4.24. The summed E-state index contributed by atoms with van der Waals surface area (Å²) in [6.07, 6.45) is -0.688. The van der Waals surface area contributed by atoms with Gasteiger partial charge in [-0.2, -0.15) is 0 Å². The highest BCUT2D eigenvalue weighted by Crippen LogP contribution is 2.00. The zero-order chi connectivity index (χ0) is 14.8. The van der Waals surface area contributed by atoms with Gasteiger partial charge in [-0.3, -0.25) is 9.59 Å². The minimum absolute atomic E-state index is 0.0710. The lowest BCUT2D eigenvalue weighted by atomic mass is 10.2. The Morgan fingerprint density at radius 2 is 2.00 bits per heavy atom. The fourth-order valence-electron chi connectivity index (χ4n) is 1.55. The zero-order valence-electron chi connectivity index (χ0n) is 11.4. The van der Waals surface area contributed by atoms with E-state index in [2.05, 4.69) is 5.32 Å². The maximum absolute atomic E-state index is 11.5. The average molecular weight is 281 g/mol. The Bertz CT molecular complexity index is 421. The van der Waals surface area contributed by atoms with Gasteiger partial charge in [0, 0.05) is 13.7 Å². The number of hydrogen-bond acceptors (Lipinski definition) is 4. The van der Waals surface area contributed by atoms with Crippen molar-refractivity contribution in [3.05, 3.63) is 35.9 Å². The Hall–Kier alpha value is -1.92. The molecule has 0 fully saturated rings. The first-order valence-corrected chi connectivity index (χ1v) is 6.24. The Balaban J connectivity index is 2.18. The minimum Gasteiger partial charge on any atom is -0.481 e. The van der Waals surface area contributed by atoms with Crippen LogP contribution in [0.25, 0.3) is 0 Å². The number of amides is 1. The molecular formula is C14H19NO5. The molecule has 0 saturated heterocycles. The average Bonchev–Trinajstić information content (AvgIpc) is 2.44. The first kappa shape index (κ1) is 16.1. The highest BCUT2D eigenvalue weighted by atomic mass is 16.5. The molecule has 110 valence electrons. The van der Waals surface area contributed by atoms with Gasteiger partial charge in [0.2, 0.25) is 5.91 Å². The van der Waals surface area contributed by atoms with Crippen LogP contribution in [0.1, 0.15) is 12.0 Å². The largest absolute Gasteiger partial charge is 0.481 e. The number of hydrogen-bond donors (Lipinski definition) is 2. The number of carboxylic acids is 1. The Morgan fingerprint density at radius 1 is 1.30 bits per heavy atom. The lowest BCUT2D eigenvalue weighted by molar-refractivity contribution is -0.140. The van der Waals surface area contributed by atoms with Crippen LogP contribution in [0.3, 0.4) is 0 Å². The van der Waals surface area contributed by atoms with Crippen LogP contribution in [-0.4, -0.2) is 43.3 Å². The third kappa shape index (κ3) is 6.86. The van der Waals surface area contributed by atoms with Gasteiger partial charge in [-0.25, -0.2) is 0 Å². The molecule has 0 heterocycles. The molecular weight excluding hydrogens is 262 g/mol. The van der Waals surface area contributed by atoms with E-state index in [0.29, 0.717) is 6.61 Å². The summed E-state index contributed by atoms with van der Waals surface area (Å²) < 4.78 is 10.2. The van der Waals surface area contributed by atoms with Gasteiger partial charge >= 0.3 is 5.97 Å². The van der Waals surface area contributed by atoms with Crippen molar-refractivity contribution in [2.24, 2.45) is 0 Å². The molecule has 1 atom stereocenters. The highest BCUT2D eigenvalue weighted by molar-refractivity contribution is 5.77. The summed E-state index contributed by atoms with van der Waals surface area (Å²) in [7, 11) is 1.41. The lowest BCUT2D eigenvalue weighted by Gasteiger charge is -2.14. The number of benzene rings is 1. The zero-order valence-corrected chi connectivity index (χ0v) is 11.4. The minimum atomic E-state index is -0.966. The van der Waals surface area contributed by atoms with Gasteiger partial charge in [0.05, 0.1) is 19.1 Å². The maximum Gasteiger partial charge on any atom is 0.306 e. The number of aliphatic carboxylic acids is 1. The Morgan fingerprint density at radius 3 is 2.60 bits per heavy atom. The van der Waals surface area contributed by atoms with Crippen LogP contribution in [0.5, 0.6) is 0 Å². The van der Waals surface area contributed by atoms with Gasteiger partial charge in [-0.1, -0.05) is 30.3 Å². The fourth-order valence-corrected chi connectivity index (χ4v) is 1.55. The van der Waals surface area contributed by atoms with Gasteiger partial charge in [0.15, 0.2) is 0 Å². The van der Waals surface area contributed by atoms with Crippen LogP contribution in [0.4, 0.5) is 0 Å². The number of rotatable bonds is 9. The van der Waals surface area contributed by atoms with E-state index in [0.717, 1.165) is 5.56 Å². The summed E-state index contributed by atoms with van der Waals surface area (Å²) in [5, 5.41) is 11.2. The van der Waals surface area contributed by atoms with Crippen molar-refractivity contribution in [1.82, 2.24) is 5.32 Å². The molecule has 0 spiro atoms. The Labute approximate surface area is 117 Å². The molecule has 0 saturated carbocycles. The van der Waals surface area contributed by atoms with Crippen LogP contribution >= 0.6 is 0 Å². The summed E-state index contributed by atoms with van der Waals surface area (Å²) in [4.78, 5) is 22.0. The van der Waals surface area contributed by atoms with Crippen LogP contribution in [0, 0.1) is 0 Å². The van der Waals surface area contributed by atoms with Crippen LogP contribution < -0.4 is 5.32 Å². The second kappa shape index (κ2) is 9.06. The number of carboxylic acid groups (broad SMARTS) is 1. The first-order chi connectivity index (χ1) is 9.61. The summed E-state index contributed by atoms with van der Waals surface area (Å²) >= 11 is 0. The van der Waals surface area contributed by atoms with Crippen molar-refractivity contribution in [3.63, 3.8) is 0 Å². The summed E-state index contributed by atoms with van der Waals surface area (Å²) in [5.74, 6) is -1.26. The predicted molar refractivity (Wildman–Crippen MR) is 72.2 cm³/mol. The van der Waals surface area contributed by atoms with E-state index < -0.39 is 12.1 Å². The molecule has 0 aromatic heterocycles. The number of methoxy groups -OCH3 is 1. The van der Waals surface area contributed by atoms with Crippen molar-refractivity contribution in [2.45, 2.75) is 19.1 Å². The molecule has 6 nitrogen and oxygen atoms in total. The first-order valence-electron chi connectivity index (χ1n) is 6.24. The van der Waals surface area contributed by atoms with E-state index in [-0.39, 0.29) is 25.5 Å². The predicted octanol–water partition coefficient (Wildman–Crippen LogP) is 0.809. The molecule has 0 bridgehead atoms. The van der Waals surface area contributed by atoms with E-state index in [1.54, 1.807) is 0 Å². The summed E-state index contributed by atoms with van der Waals surface area (Å²) in [6.45, 7) is 0.436. The molecule has 6 heteroatoms. The van der Waals surface area contributed by atoms with E-state index >= 15 is 0 Å². The second-order valence-corrected chi connectivity index (χ2v) is 4.24.